The predicted octanol–water partition coefficient (Wildman–Crippen LogP) is 4.99. The first-order valence-corrected chi connectivity index (χ1v) is 19.3. The van der Waals surface area contributed by atoms with Gasteiger partial charge in [0.25, 0.3) is 11.8 Å². The Morgan fingerprint density at radius 2 is 1.53 bits per heavy atom. The number of hydrogen-bond donors (Lipinski definition) is 7. The summed E-state index contributed by atoms with van der Waals surface area (Å²) < 4.78 is 56.2. The molecule has 6 rings (SSSR count). The fourth-order valence-corrected chi connectivity index (χ4v) is 7.35. The topological polar surface area (TPSA) is 210 Å². The number of piperidine rings is 1. The van der Waals surface area contributed by atoms with Gasteiger partial charge < -0.3 is 32.7 Å². The first kappa shape index (κ1) is 44.7. The number of nitrogens with one attached hydrogen (secondary N) is 5. The third-order valence-corrected chi connectivity index (χ3v) is 10.9. The number of aromatic amines is 1. The summed E-state index contributed by atoms with van der Waals surface area (Å²) in [4.78, 5) is 54.6. The molecule has 2 aliphatic rings. The van der Waals surface area contributed by atoms with E-state index in [0.717, 1.165) is 61.0 Å². The van der Waals surface area contributed by atoms with Crippen molar-refractivity contribution in [3.8, 4) is 22.5 Å². The van der Waals surface area contributed by atoms with Gasteiger partial charge in [-0.1, -0.05) is 30.3 Å². The number of anilines is 1. The molecule has 0 unspecified atom stereocenters. The summed E-state index contributed by atoms with van der Waals surface area (Å²) in [6.07, 6.45) is 4.90. The molecule has 3 aromatic carbocycles. The van der Waals surface area contributed by atoms with Crippen LogP contribution in [0.4, 0.5) is 23.2 Å². The van der Waals surface area contributed by atoms with Gasteiger partial charge in [-0.25, -0.2) is 4.98 Å². The average Bonchev–Trinajstić information content (AvgIpc) is 3.73. The van der Waals surface area contributed by atoms with Gasteiger partial charge in [-0.15, -0.1) is 12.4 Å². The molecule has 13 nitrogen and oxygen atoms in total. The van der Waals surface area contributed by atoms with E-state index in [0.29, 0.717) is 36.6 Å². The Bertz CT molecular complexity index is 2100. The van der Waals surface area contributed by atoms with Gasteiger partial charge in [0.05, 0.1) is 0 Å². The zero-order valence-electron chi connectivity index (χ0n) is 32.3. The van der Waals surface area contributed by atoms with E-state index in [9.17, 15) is 36.7 Å². The highest BCUT2D eigenvalue weighted by molar-refractivity contribution is 5.98. The molecule has 0 spiro atoms. The van der Waals surface area contributed by atoms with E-state index < -0.39 is 35.5 Å². The number of amides is 4. The summed E-state index contributed by atoms with van der Waals surface area (Å²) in [5, 5.41) is 17.5. The van der Waals surface area contributed by atoms with Crippen LogP contribution < -0.4 is 32.7 Å². The van der Waals surface area contributed by atoms with E-state index in [-0.39, 0.29) is 54.0 Å². The van der Waals surface area contributed by atoms with Crippen LogP contribution in [-0.4, -0.2) is 76.5 Å². The van der Waals surface area contributed by atoms with Crippen molar-refractivity contribution in [2.45, 2.75) is 75.8 Å². The molecular weight excluding hydrogens is 794 g/mol. The van der Waals surface area contributed by atoms with Crippen LogP contribution in [-0.2, 0) is 26.7 Å². The predicted molar refractivity (Wildman–Crippen MR) is 216 cm³/mol. The van der Waals surface area contributed by atoms with Gasteiger partial charge in [-0.2, -0.15) is 22.7 Å². The minimum atomic E-state index is -5.23. The van der Waals surface area contributed by atoms with Crippen molar-refractivity contribution in [2.24, 2.45) is 23.3 Å². The Kier molecular flexibility index (Phi) is 14.5. The fourth-order valence-electron chi connectivity index (χ4n) is 7.35. The molecule has 1 atom stereocenters. The lowest BCUT2D eigenvalue weighted by molar-refractivity contribution is -0.215. The average molecular weight is 842 g/mol. The summed E-state index contributed by atoms with van der Waals surface area (Å²) >= 11 is 0. The first-order chi connectivity index (χ1) is 27.7. The highest BCUT2D eigenvalue weighted by Crippen LogP contribution is 2.41. The lowest BCUT2D eigenvalue weighted by Crippen LogP contribution is -2.49. The first-order valence-electron chi connectivity index (χ1n) is 19.3. The molecule has 18 heteroatoms. The van der Waals surface area contributed by atoms with Gasteiger partial charge in [0.1, 0.15) is 6.04 Å². The van der Waals surface area contributed by atoms with Crippen molar-refractivity contribution in [3.63, 3.8) is 0 Å². The van der Waals surface area contributed by atoms with Crippen molar-refractivity contribution < 1.29 is 36.7 Å². The number of H-pyrrole nitrogens is 1. The van der Waals surface area contributed by atoms with Crippen molar-refractivity contribution in [1.29, 1.82) is 0 Å². The smallest absolute Gasteiger partial charge is 0.364 e. The zero-order chi connectivity index (χ0) is 41.6. The number of nitrogens with two attached hydrogens (primary N) is 2. The summed E-state index contributed by atoms with van der Waals surface area (Å²) in [5.74, 6) is -15.5. The van der Waals surface area contributed by atoms with Gasteiger partial charge in [0.2, 0.25) is 17.6 Å². The maximum atomic E-state index is 14.3. The molecule has 1 aromatic heterocycles. The Hall–Kier alpha value is -5.39. The quantitative estimate of drug-likeness (QED) is 0.0858. The zero-order valence-corrected chi connectivity index (χ0v) is 33.2. The molecule has 0 bridgehead atoms. The van der Waals surface area contributed by atoms with E-state index in [1.54, 1.807) is 0 Å². The van der Waals surface area contributed by atoms with E-state index in [4.69, 9.17) is 5.73 Å². The van der Waals surface area contributed by atoms with Crippen LogP contribution in [0.3, 0.4) is 0 Å². The molecule has 1 saturated carbocycles. The standard InChI is InChI=1S/C41H47F4N9O4.ClH/c1-23-20-29(36(56)49-31-16-18-48-19-17-31)12-15-32(23)26-6-2-24(3-7-26)21-33(51-35(55)28-8-4-25(22-46)5-9-28)37(57)50-30-13-10-27(11-14-30)34-52-39(54-53-34)41(44,45)40(42,43)38(47)58;/h2-3,6-7,10-15,20,25,28,31,33,48H,4-5,8-9,16-19,21-22,46H2,1H3,(H2,47,58)(H,49,56)(H,50,57)(H,51,55)(H,52,53,54);1H/t25-,28-,33-;/m0./s1. The number of nitrogens with zero attached hydrogens (tertiary/aromatic N) is 2. The molecule has 4 aromatic rings. The van der Waals surface area contributed by atoms with E-state index in [1.165, 1.54) is 24.3 Å². The third kappa shape index (κ3) is 10.4. The second-order valence-corrected chi connectivity index (χ2v) is 15.0. The second-order valence-electron chi connectivity index (χ2n) is 15.0. The highest BCUT2D eigenvalue weighted by Gasteiger charge is 2.64. The van der Waals surface area contributed by atoms with Gasteiger partial charge in [-0.05, 0) is 130 Å². The van der Waals surface area contributed by atoms with Crippen LogP contribution in [0.2, 0.25) is 0 Å². The number of aromatic nitrogens is 3. The van der Waals surface area contributed by atoms with E-state index in [1.807, 2.05) is 49.4 Å². The number of carbonyl (C=O) groups is 4. The maximum absolute atomic E-state index is 14.3. The molecule has 4 amide bonds. The number of alkyl halides is 4. The fraction of sp³-hybridized carbons (Fsp3) is 0.415. The molecular formula is C41H48ClF4N9O4. The Balaban J connectivity index is 0.00000661. The lowest BCUT2D eigenvalue weighted by atomic mass is 9.81. The molecule has 2 heterocycles. The minimum absolute atomic E-state index is 0. The lowest BCUT2D eigenvalue weighted by Gasteiger charge is -2.28. The monoisotopic (exact) mass is 841 g/mol. The van der Waals surface area contributed by atoms with Crippen molar-refractivity contribution in [3.05, 3.63) is 89.2 Å². The van der Waals surface area contributed by atoms with Crippen molar-refractivity contribution in [1.82, 2.24) is 31.1 Å². The van der Waals surface area contributed by atoms with Crippen LogP contribution in [0.25, 0.3) is 22.5 Å². The summed E-state index contributed by atoms with van der Waals surface area (Å²) in [5.41, 5.74) is 14.9. The molecule has 2 fully saturated rings. The number of benzene rings is 3. The molecule has 0 radical (unpaired) electrons. The number of rotatable bonds is 14. The van der Waals surface area contributed by atoms with Gasteiger partial charge in [0.15, 0.2) is 5.82 Å². The number of hydrogen-bond acceptors (Lipinski definition) is 8. The van der Waals surface area contributed by atoms with Crippen LogP contribution in [0.1, 0.15) is 65.8 Å². The highest BCUT2D eigenvalue weighted by atomic mass is 35.5. The third-order valence-electron chi connectivity index (χ3n) is 10.9. The molecule has 1 aliphatic heterocycles. The summed E-state index contributed by atoms with van der Waals surface area (Å²) in [7, 11) is 0. The maximum Gasteiger partial charge on any atom is 0.393 e. The van der Waals surface area contributed by atoms with Gasteiger partial charge in [0, 0.05) is 35.2 Å². The van der Waals surface area contributed by atoms with Gasteiger partial charge in [-0.3, -0.25) is 24.3 Å². The number of aryl methyl sites for hydroxylation is 1. The van der Waals surface area contributed by atoms with Crippen LogP contribution in [0.5, 0.6) is 0 Å². The van der Waals surface area contributed by atoms with Crippen LogP contribution in [0, 0.1) is 18.8 Å². The minimum Gasteiger partial charge on any atom is -0.364 e. The Morgan fingerprint density at radius 3 is 2.14 bits per heavy atom. The van der Waals surface area contributed by atoms with Crippen molar-refractivity contribution >= 4 is 41.7 Å². The normalized spacial score (nSPS) is 17.9. The Morgan fingerprint density at radius 1 is 0.881 bits per heavy atom. The molecule has 9 N–H and O–H groups in total. The van der Waals surface area contributed by atoms with Gasteiger partial charge >= 0.3 is 11.8 Å². The summed E-state index contributed by atoms with van der Waals surface area (Å²) in [6.45, 7) is 4.26. The molecule has 1 saturated heterocycles. The SMILES string of the molecule is Cc1cc(C(=O)NC2CCNCC2)ccc1-c1ccc(C[C@H](NC(=O)[C@H]2CC[C@H](CN)CC2)C(=O)Nc2ccc(-c3nc(C(F)(F)C(F)(F)C(N)=O)n[nH]3)cc2)cc1.Cl. The molecule has 316 valence electrons. The number of primary amides is 1. The Labute approximate surface area is 344 Å². The second kappa shape index (κ2) is 19.1. The molecule has 59 heavy (non-hydrogen) atoms. The van der Waals surface area contributed by atoms with E-state index in [2.05, 4.69) is 42.2 Å². The summed E-state index contributed by atoms with van der Waals surface area (Å²) in [6, 6.07) is 18.1. The number of halogens is 5. The van der Waals surface area contributed by atoms with Crippen LogP contribution >= 0.6 is 12.4 Å². The van der Waals surface area contributed by atoms with E-state index >= 15 is 0 Å². The molecule has 1 aliphatic carbocycles. The largest absolute Gasteiger partial charge is 0.393 e. The van der Waals surface area contributed by atoms with Crippen LogP contribution in [0.15, 0.2) is 66.7 Å². The van der Waals surface area contributed by atoms with Crippen molar-refractivity contribution in [2.75, 3.05) is 25.0 Å². The number of carbonyl (C=O) groups excluding carboxylic acids is 4.